The summed E-state index contributed by atoms with van der Waals surface area (Å²) in [4.78, 5) is 2.35. The van der Waals surface area contributed by atoms with Gasteiger partial charge in [0, 0.05) is 51.9 Å². The van der Waals surface area contributed by atoms with Crippen LogP contribution < -0.4 is 22.1 Å². The van der Waals surface area contributed by atoms with Crippen LogP contribution in [0.15, 0.2) is 237 Å². The highest BCUT2D eigenvalue weighted by molar-refractivity contribution is 6.26. The van der Waals surface area contributed by atoms with Gasteiger partial charge in [-0.3, -0.25) is 9.98 Å². The van der Waals surface area contributed by atoms with Crippen molar-refractivity contribution >= 4 is 55.7 Å². The molecular formula is C60H53N7. The summed E-state index contributed by atoms with van der Waals surface area (Å²) in [6.45, 7) is 3.35. The number of hydrogen-bond acceptors (Lipinski definition) is 4. The topological polar surface area (TPSA) is 115 Å². The van der Waals surface area contributed by atoms with E-state index in [0.717, 1.165) is 66.6 Å². The predicted molar refractivity (Wildman–Crippen MR) is 283 cm³/mol. The number of aromatic nitrogens is 2. The third-order valence-electron chi connectivity index (χ3n) is 11.9. The summed E-state index contributed by atoms with van der Waals surface area (Å²) >= 11 is 0. The quantitative estimate of drug-likeness (QED) is 0.0854. The molecule has 7 N–H and O–H groups in total. The summed E-state index contributed by atoms with van der Waals surface area (Å²) in [5, 5.41) is 11.7. The summed E-state index contributed by atoms with van der Waals surface area (Å²) in [6, 6.07) is 81.0. The molecule has 328 valence electrons. The molecule has 7 nitrogen and oxygen atoms in total. The van der Waals surface area contributed by atoms with Gasteiger partial charge in [0.2, 0.25) is 0 Å². The molecule has 0 amide bonds. The molecular weight excluding hydrogens is 819 g/mol. The lowest BCUT2D eigenvalue weighted by Crippen LogP contribution is -2.18. The van der Waals surface area contributed by atoms with Crippen LogP contribution in [-0.4, -0.2) is 15.0 Å². The maximum Gasteiger partial charge on any atom is 0.133 e. The molecule has 9 aromatic carbocycles. The summed E-state index contributed by atoms with van der Waals surface area (Å²) < 4.78 is 4.48. The fraction of sp³-hybridized carbons (Fsp3) is 0.0500. The number of nitrogens with two attached hydrogens (primary N) is 3. The van der Waals surface area contributed by atoms with Gasteiger partial charge in [-0.25, -0.2) is 0 Å². The summed E-state index contributed by atoms with van der Waals surface area (Å²) in [6.07, 6.45) is 0. The Kier molecular flexibility index (Phi) is 13.0. The normalized spacial score (nSPS) is 10.8. The highest BCUT2D eigenvalue weighted by Crippen LogP contribution is 2.48. The Morgan fingerprint density at radius 3 is 1.58 bits per heavy atom. The first-order chi connectivity index (χ1) is 32.9. The standard InChI is InChI=1S/C46H36N6.C7H9N.C7H8/c47-45(48)34-27-33(32-17-7-2-8-18-32)28-37(29-34)51-39-24-14-13-23-38(39)42-40(51)25-26-41-43(42)44(46(49)52(41)36-21-11-4-12-22-36)50(35-19-9-3-10-20-35)30-31-15-5-1-6-16-31;8-6-7-4-2-1-3-5-7;1-7-5-3-2-4-6-7/h1-29H,30,49H2,(H3,47,48);1-5H,6,8H2;2-6H,1H3. The first kappa shape index (κ1) is 43.6. The summed E-state index contributed by atoms with van der Waals surface area (Å²) in [5.74, 6) is 0.687. The lowest BCUT2D eigenvalue weighted by molar-refractivity contribution is 0.977. The minimum atomic E-state index is 0.0246. The molecule has 0 aliphatic rings. The van der Waals surface area contributed by atoms with Crippen LogP contribution in [0.2, 0.25) is 0 Å². The second kappa shape index (κ2) is 20.0. The van der Waals surface area contributed by atoms with Gasteiger partial charge in [-0.2, -0.15) is 0 Å². The Bertz CT molecular complexity index is 3380. The highest BCUT2D eigenvalue weighted by Gasteiger charge is 2.27. The van der Waals surface area contributed by atoms with Gasteiger partial charge < -0.3 is 26.7 Å². The van der Waals surface area contributed by atoms with Crippen molar-refractivity contribution in [3.05, 3.63) is 259 Å². The number of hydrogen-bond donors (Lipinski definition) is 4. The first-order valence-corrected chi connectivity index (χ1v) is 22.5. The van der Waals surface area contributed by atoms with Crippen molar-refractivity contribution in [3.8, 4) is 22.5 Å². The number of benzene rings is 9. The molecule has 0 unspecified atom stereocenters. The van der Waals surface area contributed by atoms with Gasteiger partial charge >= 0.3 is 0 Å². The zero-order chi connectivity index (χ0) is 46.1. The van der Waals surface area contributed by atoms with E-state index in [1.807, 2.05) is 91.0 Å². The number of nitrogens with one attached hydrogen (secondary N) is 1. The molecule has 2 heterocycles. The summed E-state index contributed by atoms with van der Waals surface area (Å²) in [5.41, 5.74) is 32.4. The Balaban J connectivity index is 0.000000319. The molecule has 0 aliphatic carbocycles. The average Bonchev–Trinajstić information content (AvgIpc) is 3.88. The van der Waals surface area contributed by atoms with Gasteiger partial charge in [-0.05, 0) is 89.8 Å². The van der Waals surface area contributed by atoms with Crippen molar-refractivity contribution < 1.29 is 0 Å². The van der Waals surface area contributed by atoms with E-state index in [2.05, 4.69) is 167 Å². The van der Waals surface area contributed by atoms with Crippen LogP contribution in [0.3, 0.4) is 0 Å². The molecule has 0 atom stereocenters. The van der Waals surface area contributed by atoms with Crippen molar-refractivity contribution in [2.24, 2.45) is 11.5 Å². The largest absolute Gasteiger partial charge is 0.384 e. The number of rotatable bonds is 9. The molecule has 0 fully saturated rings. The van der Waals surface area contributed by atoms with Crippen molar-refractivity contribution in [2.45, 2.75) is 20.0 Å². The molecule has 0 saturated heterocycles. The number of anilines is 3. The van der Waals surface area contributed by atoms with Crippen LogP contribution >= 0.6 is 0 Å². The molecule has 11 aromatic rings. The van der Waals surface area contributed by atoms with E-state index >= 15 is 0 Å². The third kappa shape index (κ3) is 9.31. The number of para-hydroxylation sites is 3. The van der Waals surface area contributed by atoms with Crippen molar-refractivity contribution in [3.63, 3.8) is 0 Å². The Labute approximate surface area is 392 Å². The van der Waals surface area contributed by atoms with Crippen LogP contribution in [0.1, 0.15) is 22.3 Å². The fourth-order valence-corrected chi connectivity index (χ4v) is 8.76. The first-order valence-electron chi connectivity index (χ1n) is 22.5. The molecule has 0 aliphatic heterocycles. The van der Waals surface area contributed by atoms with Crippen molar-refractivity contribution in [2.75, 3.05) is 10.6 Å². The molecule has 0 spiro atoms. The van der Waals surface area contributed by atoms with Gasteiger partial charge in [-0.1, -0.05) is 181 Å². The number of fused-ring (bicyclic) bond motifs is 5. The average molecular weight is 872 g/mol. The van der Waals surface area contributed by atoms with Crippen LogP contribution in [0.4, 0.5) is 17.2 Å². The maximum absolute atomic E-state index is 8.45. The van der Waals surface area contributed by atoms with Gasteiger partial charge in [-0.15, -0.1) is 0 Å². The third-order valence-corrected chi connectivity index (χ3v) is 11.9. The lowest BCUT2D eigenvalue weighted by Gasteiger charge is -2.26. The van der Waals surface area contributed by atoms with Gasteiger partial charge in [0.05, 0.1) is 22.2 Å². The lowest BCUT2D eigenvalue weighted by atomic mass is 10.0. The molecule has 11 rings (SSSR count). The number of nitrogens with zero attached hydrogens (tertiary/aromatic N) is 3. The van der Waals surface area contributed by atoms with E-state index in [1.54, 1.807) is 0 Å². The molecule has 67 heavy (non-hydrogen) atoms. The Morgan fingerprint density at radius 2 is 1.01 bits per heavy atom. The van der Waals surface area contributed by atoms with E-state index in [0.29, 0.717) is 24.5 Å². The minimum Gasteiger partial charge on any atom is -0.384 e. The molecule has 0 bridgehead atoms. The van der Waals surface area contributed by atoms with Crippen LogP contribution in [0, 0.1) is 12.3 Å². The molecule has 0 saturated carbocycles. The maximum atomic E-state index is 8.45. The number of aryl methyl sites for hydroxylation is 1. The number of amidine groups is 1. The second-order valence-electron chi connectivity index (χ2n) is 16.4. The van der Waals surface area contributed by atoms with Crippen LogP contribution in [-0.2, 0) is 13.1 Å². The monoisotopic (exact) mass is 871 g/mol. The van der Waals surface area contributed by atoms with Gasteiger partial charge in [0.25, 0.3) is 0 Å². The Hall–Kier alpha value is -8.65. The van der Waals surface area contributed by atoms with Crippen LogP contribution in [0.5, 0.6) is 0 Å². The van der Waals surface area contributed by atoms with Gasteiger partial charge in [0.1, 0.15) is 11.7 Å². The molecule has 2 aromatic heterocycles. The highest BCUT2D eigenvalue weighted by atomic mass is 15.2. The van der Waals surface area contributed by atoms with E-state index in [4.69, 9.17) is 22.6 Å². The smallest absolute Gasteiger partial charge is 0.133 e. The van der Waals surface area contributed by atoms with E-state index < -0.39 is 0 Å². The van der Waals surface area contributed by atoms with E-state index in [1.165, 1.54) is 16.7 Å². The van der Waals surface area contributed by atoms with Crippen molar-refractivity contribution in [1.82, 2.24) is 9.13 Å². The zero-order valence-electron chi connectivity index (χ0n) is 37.5. The van der Waals surface area contributed by atoms with Crippen molar-refractivity contribution in [1.29, 1.82) is 5.41 Å². The minimum absolute atomic E-state index is 0.0246. The van der Waals surface area contributed by atoms with E-state index in [9.17, 15) is 0 Å². The summed E-state index contributed by atoms with van der Waals surface area (Å²) in [7, 11) is 0. The predicted octanol–water partition coefficient (Wildman–Crippen LogP) is 13.7. The number of nitrogen functional groups attached to an aromatic ring is 2. The Morgan fingerprint density at radius 1 is 0.493 bits per heavy atom. The second-order valence-corrected chi connectivity index (χ2v) is 16.4. The fourth-order valence-electron chi connectivity index (χ4n) is 8.76. The molecule has 7 heteroatoms. The van der Waals surface area contributed by atoms with Gasteiger partial charge in [0.15, 0.2) is 0 Å². The van der Waals surface area contributed by atoms with Crippen LogP contribution in [0.25, 0.3) is 55.2 Å². The SMILES string of the molecule is Cc1ccccc1.N=C(N)c1cc(-c2ccccc2)cc(-n2c3ccccc3c3c4c(N(Cc5ccccc5)c5ccccc5)c(N)n(-c5ccccc5)c4ccc32)c1.NCc1ccccc1. The molecule has 0 radical (unpaired) electrons. The van der Waals surface area contributed by atoms with E-state index in [-0.39, 0.29) is 5.84 Å². The zero-order valence-corrected chi connectivity index (χ0v) is 37.5.